The molecule has 2 rings (SSSR count). The van der Waals surface area contributed by atoms with Crippen molar-refractivity contribution in [1.82, 2.24) is 14.7 Å². The van der Waals surface area contributed by atoms with Gasteiger partial charge in [0, 0.05) is 44.2 Å². The summed E-state index contributed by atoms with van der Waals surface area (Å²) < 4.78 is 0. The zero-order chi connectivity index (χ0) is 16.8. The van der Waals surface area contributed by atoms with Crippen molar-refractivity contribution in [2.75, 3.05) is 46.8 Å². The fourth-order valence-electron chi connectivity index (χ4n) is 2.60. The van der Waals surface area contributed by atoms with E-state index in [1.807, 2.05) is 47.0 Å². The number of halogens is 1. The molecule has 0 unspecified atom stereocenters. The SMILES string of the molecule is CN(C)CCC(=O)N1CCN(C(=O)Cc2ccccc2Cl)CC1. The second kappa shape index (κ2) is 8.31. The van der Waals surface area contributed by atoms with E-state index in [1.54, 1.807) is 6.07 Å². The third kappa shape index (κ3) is 5.22. The van der Waals surface area contributed by atoms with Crippen molar-refractivity contribution in [3.63, 3.8) is 0 Å². The Morgan fingerprint density at radius 1 is 1.04 bits per heavy atom. The molecule has 23 heavy (non-hydrogen) atoms. The molecule has 0 N–H and O–H groups in total. The Morgan fingerprint density at radius 3 is 2.17 bits per heavy atom. The second-order valence-corrected chi connectivity index (χ2v) is 6.49. The predicted molar refractivity (Wildman–Crippen MR) is 91.5 cm³/mol. The van der Waals surface area contributed by atoms with Crippen molar-refractivity contribution in [2.24, 2.45) is 0 Å². The van der Waals surface area contributed by atoms with E-state index in [1.165, 1.54) is 0 Å². The number of carbonyl (C=O) groups excluding carboxylic acids is 2. The number of nitrogens with zero attached hydrogens (tertiary/aromatic N) is 3. The van der Waals surface area contributed by atoms with Crippen molar-refractivity contribution in [2.45, 2.75) is 12.8 Å². The van der Waals surface area contributed by atoms with Crippen LogP contribution in [0.1, 0.15) is 12.0 Å². The molecule has 126 valence electrons. The molecule has 2 amide bonds. The number of piperazine rings is 1. The maximum atomic E-state index is 12.4. The van der Waals surface area contributed by atoms with Gasteiger partial charge in [-0.3, -0.25) is 9.59 Å². The maximum absolute atomic E-state index is 12.4. The monoisotopic (exact) mass is 337 g/mol. The molecule has 1 saturated heterocycles. The Labute approximate surface area is 142 Å². The minimum atomic E-state index is 0.0680. The fraction of sp³-hybridized carbons (Fsp3) is 0.529. The van der Waals surface area contributed by atoms with Crippen molar-refractivity contribution < 1.29 is 9.59 Å². The smallest absolute Gasteiger partial charge is 0.227 e. The van der Waals surface area contributed by atoms with Crippen LogP contribution in [-0.4, -0.2) is 73.3 Å². The van der Waals surface area contributed by atoms with E-state index >= 15 is 0 Å². The van der Waals surface area contributed by atoms with Gasteiger partial charge in [-0.25, -0.2) is 0 Å². The lowest BCUT2D eigenvalue weighted by atomic mass is 10.1. The van der Waals surface area contributed by atoms with Crippen molar-refractivity contribution in [3.8, 4) is 0 Å². The molecule has 1 aromatic carbocycles. The van der Waals surface area contributed by atoms with Crippen LogP contribution in [0, 0.1) is 0 Å². The van der Waals surface area contributed by atoms with Gasteiger partial charge in [-0.15, -0.1) is 0 Å². The average Bonchev–Trinajstić information content (AvgIpc) is 2.54. The molecular formula is C17H24ClN3O2. The molecule has 1 aliphatic heterocycles. The second-order valence-electron chi connectivity index (χ2n) is 6.08. The Kier molecular flexibility index (Phi) is 6.42. The molecule has 0 radical (unpaired) electrons. The third-order valence-electron chi connectivity index (χ3n) is 4.06. The van der Waals surface area contributed by atoms with Gasteiger partial charge in [0.15, 0.2) is 0 Å². The molecule has 1 heterocycles. The van der Waals surface area contributed by atoms with Gasteiger partial charge in [-0.1, -0.05) is 29.8 Å². The van der Waals surface area contributed by atoms with Crippen LogP contribution in [0.3, 0.4) is 0 Å². The predicted octanol–water partition coefficient (Wildman–Crippen LogP) is 1.50. The Balaban J connectivity index is 1.81. The minimum Gasteiger partial charge on any atom is -0.339 e. The topological polar surface area (TPSA) is 43.9 Å². The zero-order valence-corrected chi connectivity index (χ0v) is 14.6. The summed E-state index contributed by atoms with van der Waals surface area (Å²) in [5, 5.41) is 0.623. The summed E-state index contributed by atoms with van der Waals surface area (Å²) >= 11 is 6.10. The summed E-state index contributed by atoms with van der Waals surface area (Å²) in [6.45, 7) is 3.17. The number of hydrogen-bond donors (Lipinski definition) is 0. The molecule has 6 heteroatoms. The van der Waals surface area contributed by atoms with Gasteiger partial charge in [-0.05, 0) is 25.7 Å². The largest absolute Gasteiger partial charge is 0.339 e. The molecule has 0 atom stereocenters. The lowest BCUT2D eigenvalue weighted by Gasteiger charge is -2.35. The van der Waals surface area contributed by atoms with Gasteiger partial charge in [-0.2, -0.15) is 0 Å². The van der Waals surface area contributed by atoms with E-state index in [4.69, 9.17) is 11.6 Å². The molecule has 5 nitrogen and oxygen atoms in total. The van der Waals surface area contributed by atoms with Gasteiger partial charge >= 0.3 is 0 Å². The Bertz CT molecular complexity index is 555. The van der Waals surface area contributed by atoms with Crippen LogP contribution in [-0.2, 0) is 16.0 Å². The van der Waals surface area contributed by atoms with Crippen LogP contribution in [0.2, 0.25) is 5.02 Å². The van der Waals surface area contributed by atoms with Gasteiger partial charge in [0.2, 0.25) is 11.8 Å². The first-order valence-electron chi connectivity index (χ1n) is 7.91. The summed E-state index contributed by atoms with van der Waals surface area (Å²) in [6.07, 6.45) is 0.842. The summed E-state index contributed by atoms with van der Waals surface area (Å²) in [4.78, 5) is 30.1. The minimum absolute atomic E-state index is 0.0680. The molecule has 0 bridgehead atoms. The molecule has 0 spiro atoms. The van der Waals surface area contributed by atoms with Crippen LogP contribution in [0.5, 0.6) is 0 Å². The van der Waals surface area contributed by atoms with E-state index in [-0.39, 0.29) is 11.8 Å². The molecule has 1 aromatic rings. The zero-order valence-electron chi connectivity index (χ0n) is 13.8. The molecule has 0 saturated carbocycles. The van der Waals surface area contributed by atoms with Crippen molar-refractivity contribution >= 4 is 23.4 Å². The first-order valence-corrected chi connectivity index (χ1v) is 8.29. The summed E-state index contributed by atoms with van der Waals surface area (Å²) in [5.74, 6) is 0.232. The Morgan fingerprint density at radius 2 is 1.61 bits per heavy atom. The van der Waals surface area contributed by atoms with E-state index in [2.05, 4.69) is 0 Å². The lowest BCUT2D eigenvalue weighted by molar-refractivity contribution is -0.139. The van der Waals surface area contributed by atoms with E-state index in [9.17, 15) is 9.59 Å². The van der Waals surface area contributed by atoms with Crippen LogP contribution < -0.4 is 0 Å². The normalized spacial score (nSPS) is 15.1. The van der Waals surface area contributed by atoms with Gasteiger partial charge < -0.3 is 14.7 Å². The lowest BCUT2D eigenvalue weighted by Crippen LogP contribution is -2.51. The molecule has 1 aliphatic rings. The fourth-order valence-corrected chi connectivity index (χ4v) is 2.80. The van der Waals surface area contributed by atoms with Crippen molar-refractivity contribution in [3.05, 3.63) is 34.9 Å². The highest BCUT2D eigenvalue weighted by atomic mass is 35.5. The molecule has 0 aromatic heterocycles. The number of amides is 2. The Hall–Kier alpha value is -1.59. The first-order chi connectivity index (χ1) is 11.0. The quantitative estimate of drug-likeness (QED) is 0.818. The number of carbonyl (C=O) groups is 2. The highest BCUT2D eigenvalue weighted by Crippen LogP contribution is 2.16. The number of hydrogen-bond acceptors (Lipinski definition) is 3. The van der Waals surface area contributed by atoms with Crippen LogP contribution in [0.15, 0.2) is 24.3 Å². The highest BCUT2D eigenvalue weighted by Gasteiger charge is 2.24. The average molecular weight is 338 g/mol. The summed E-state index contributed by atoms with van der Waals surface area (Å²) in [6, 6.07) is 7.41. The van der Waals surface area contributed by atoms with Crippen LogP contribution >= 0.6 is 11.6 Å². The number of benzene rings is 1. The van der Waals surface area contributed by atoms with E-state index in [0.29, 0.717) is 44.0 Å². The molecule has 0 aliphatic carbocycles. The summed E-state index contributed by atoms with van der Waals surface area (Å²) in [7, 11) is 3.91. The van der Waals surface area contributed by atoms with E-state index in [0.717, 1.165) is 12.1 Å². The number of rotatable bonds is 5. The van der Waals surface area contributed by atoms with E-state index < -0.39 is 0 Å². The molecular weight excluding hydrogens is 314 g/mol. The first kappa shape index (κ1) is 17.8. The van der Waals surface area contributed by atoms with Gasteiger partial charge in [0.1, 0.15) is 0 Å². The maximum Gasteiger partial charge on any atom is 0.227 e. The highest BCUT2D eigenvalue weighted by molar-refractivity contribution is 6.31. The third-order valence-corrected chi connectivity index (χ3v) is 4.43. The van der Waals surface area contributed by atoms with Crippen LogP contribution in [0.4, 0.5) is 0 Å². The summed E-state index contributed by atoms with van der Waals surface area (Å²) in [5.41, 5.74) is 0.851. The van der Waals surface area contributed by atoms with Crippen molar-refractivity contribution in [1.29, 1.82) is 0 Å². The van der Waals surface area contributed by atoms with Gasteiger partial charge in [0.05, 0.1) is 6.42 Å². The standard InChI is InChI=1S/C17H24ClN3O2/c1-19(2)8-7-16(22)20-9-11-21(12-10-20)17(23)13-14-5-3-4-6-15(14)18/h3-6H,7-13H2,1-2H3. The molecule has 1 fully saturated rings. The van der Waals surface area contributed by atoms with Crippen LogP contribution in [0.25, 0.3) is 0 Å². The van der Waals surface area contributed by atoms with Gasteiger partial charge in [0.25, 0.3) is 0 Å².